The number of amides is 4. The van der Waals surface area contributed by atoms with Crippen LogP contribution in [0.15, 0.2) is 49.6 Å². The maximum Gasteiger partial charge on any atom is 0.333 e. The van der Waals surface area contributed by atoms with E-state index in [0.717, 1.165) is 0 Å². The Balaban J connectivity index is 2.28. The second-order valence-corrected chi connectivity index (χ2v) is 15.3. The minimum absolute atomic E-state index is 0.0288. The maximum absolute atomic E-state index is 14.2. The number of carbonyl (C=O) groups excluding carboxylic acids is 5. The van der Waals surface area contributed by atoms with Gasteiger partial charge in [0.2, 0.25) is 23.6 Å². The Bertz CT molecular complexity index is 1450. The third kappa shape index (κ3) is 11.7. The first-order valence-electron chi connectivity index (χ1n) is 18.7. The predicted octanol–water partition coefficient (Wildman–Crippen LogP) is 3.54. The number of benzene rings is 1. The van der Waals surface area contributed by atoms with Gasteiger partial charge in [-0.1, -0.05) is 70.2 Å². The summed E-state index contributed by atoms with van der Waals surface area (Å²) in [5.41, 5.74) is 0.307. The number of hydrogen-bond donors (Lipinski definition) is 2. The lowest BCUT2D eigenvalue weighted by Crippen LogP contribution is -2.57. The van der Waals surface area contributed by atoms with E-state index in [9.17, 15) is 24.0 Å². The van der Waals surface area contributed by atoms with E-state index in [-0.39, 0.29) is 30.1 Å². The van der Waals surface area contributed by atoms with Crippen molar-refractivity contribution in [1.29, 1.82) is 0 Å². The number of esters is 1. The Morgan fingerprint density at radius 1 is 1.02 bits per heavy atom. The number of likely N-dealkylation sites (tertiary alicyclic amines) is 1. The quantitative estimate of drug-likeness (QED) is 0.142. The fraction of sp³-hybridized carbons (Fsp3) is 0.634. The number of methoxy groups -OCH3 is 3. The Hall–Kier alpha value is -4.07. The molecule has 1 heterocycles. The van der Waals surface area contributed by atoms with E-state index in [1.54, 1.807) is 35.9 Å². The van der Waals surface area contributed by atoms with Crippen molar-refractivity contribution in [2.45, 2.75) is 96.7 Å². The van der Waals surface area contributed by atoms with E-state index in [1.165, 1.54) is 27.4 Å². The molecule has 1 saturated heterocycles. The molecule has 2 rings (SSSR count). The van der Waals surface area contributed by atoms with Crippen LogP contribution < -0.4 is 10.6 Å². The topological polar surface area (TPSA) is 147 Å². The Labute approximate surface area is 322 Å². The highest BCUT2D eigenvalue weighted by atomic mass is 16.5. The number of rotatable bonds is 21. The lowest BCUT2D eigenvalue weighted by molar-refractivity contribution is -0.147. The van der Waals surface area contributed by atoms with Crippen LogP contribution in [0.1, 0.15) is 65.9 Å². The summed E-state index contributed by atoms with van der Waals surface area (Å²) in [6.45, 7) is 18.2. The van der Waals surface area contributed by atoms with Gasteiger partial charge in [0, 0.05) is 34.4 Å². The molecule has 13 heteroatoms. The standard InChI is InChI=1S/C41H65N5O8/c1-14-26(3)35(45(10)38(49)30(15-2)42-40(51)41(6,7)25-44(8)9)32(52-11)24-33(47)46-23-19-22-31(46)36(53-12)28(5)37(48)43-34(39(50)54-13)27(4)29-20-17-16-18-21-29/h15-18,20-21,26,28,30-32,34-36H,2,4,14,19,22-25H2,1,3,5-13H3,(H,42,51)(H,43,48)/t26-,28+,30-,31-,32+,34-,35-,36+/m0/s1. The van der Waals surface area contributed by atoms with E-state index in [2.05, 4.69) is 23.8 Å². The molecule has 1 aliphatic rings. The van der Waals surface area contributed by atoms with Gasteiger partial charge < -0.3 is 39.5 Å². The van der Waals surface area contributed by atoms with Gasteiger partial charge in [0.25, 0.3) is 0 Å². The van der Waals surface area contributed by atoms with Gasteiger partial charge in [-0.05, 0) is 57.8 Å². The second kappa shape index (κ2) is 21.1. The highest BCUT2D eigenvalue weighted by molar-refractivity contribution is 5.96. The number of hydrogen-bond acceptors (Lipinski definition) is 9. The van der Waals surface area contributed by atoms with Gasteiger partial charge in [-0.25, -0.2) is 4.79 Å². The Kier molecular flexibility index (Phi) is 18.0. The Morgan fingerprint density at radius 3 is 2.17 bits per heavy atom. The molecule has 1 fully saturated rings. The molecule has 1 aromatic carbocycles. The van der Waals surface area contributed by atoms with Crippen molar-refractivity contribution in [3.63, 3.8) is 0 Å². The molecule has 0 unspecified atom stereocenters. The fourth-order valence-electron chi connectivity index (χ4n) is 7.44. The molecule has 13 nitrogen and oxygen atoms in total. The molecule has 1 aromatic rings. The number of nitrogens with zero attached hydrogens (tertiary/aromatic N) is 3. The maximum atomic E-state index is 14.2. The van der Waals surface area contributed by atoms with Crippen LogP contribution in [0.5, 0.6) is 0 Å². The molecule has 302 valence electrons. The molecule has 1 aliphatic heterocycles. The van der Waals surface area contributed by atoms with Crippen LogP contribution >= 0.6 is 0 Å². The predicted molar refractivity (Wildman–Crippen MR) is 210 cm³/mol. The van der Waals surface area contributed by atoms with Crippen LogP contribution in [0, 0.1) is 17.3 Å². The number of ether oxygens (including phenoxy) is 3. The largest absolute Gasteiger partial charge is 0.467 e. The van der Waals surface area contributed by atoms with Gasteiger partial charge >= 0.3 is 5.97 Å². The summed E-state index contributed by atoms with van der Waals surface area (Å²) in [5.74, 6) is -2.77. The molecule has 0 spiro atoms. The summed E-state index contributed by atoms with van der Waals surface area (Å²) in [5, 5.41) is 5.66. The number of nitrogens with one attached hydrogen (secondary N) is 2. The molecule has 8 atom stereocenters. The molecule has 0 saturated carbocycles. The average Bonchev–Trinajstić information content (AvgIpc) is 3.64. The lowest BCUT2D eigenvalue weighted by Gasteiger charge is -2.40. The molecule has 0 bridgehead atoms. The van der Waals surface area contributed by atoms with Gasteiger partial charge in [0.15, 0.2) is 6.04 Å². The van der Waals surface area contributed by atoms with Crippen molar-refractivity contribution in [2.75, 3.05) is 55.6 Å². The molecular weight excluding hydrogens is 690 g/mol. The van der Waals surface area contributed by atoms with Crippen LogP contribution in [0.25, 0.3) is 5.57 Å². The summed E-state index contributed by atoms with van der Waals surface area (Å²) in [6.07, 6.45) is 2.03. The third-order valence-electron chi connectivity index (χ3n) is 10.6. The van der Waals surface area contributed by atoms with Crippen molar-refractivity contribution < 1.29 is 38.2 Å². The zero-order valence-corrected chi connectivity index (χ0v) is 34.3. The van der Waals surface area contributed by atoms with Gasteiger partial charge in [-0.2, -0.15) is 0 Å². The van der Waals surface area contributed by atoms with Crippen LogP contribution in [0.3, 0.4) is 0 Å². The molecule has 4 amide bonds. The van der Waals surface area contributed by atoms with Crippen LogP contribution in [0.4, 0.5) is 0 Å². The molecule has 0 aromatic heterocycles. The summed E-state index contributed by atoms with van der Waals surface area (Å²) in [7, 11) is 9.70. The summed E-state index contributed by atoms with van der Waals surface area (Å²) >= 11 is 0. The van der Waals surface area contributed by atoms with E-state index in [1.807, 2.05) is 64.9 Å². The first-order valence-corrected chi connectivity index (χ1v) is 18.7. The molecule has 0 radical (unpaired) electrons. The van der Waals surface area contributed by atoms with E-state index < -0.39 is 59.6 Å². The average molecular weight is 756 g/mol. The number of carbonyl (C=O) groups is 5. The smallest absolute Gasteiger partial charge is 0.333 e. The van der Waals surface area contributed by atoms with Gasteiger partial charge in [-0.15, -0.1) is 6.58 Å². The minimum Gasteiger partial charge on any atom is -0.467 e. The zero-order chi connectivity index (χ0) is 40.9. The SMILES string of the molecule is C=C[C@H](NC(=O)C(C)(C)CN(C)C)C(=O)N(C)[C@@H]([C@@H](C)CC)[C@@H](CC(=O)N1CCC[C@H]1[C@H](OC)[C@@H](C)C(=O)N[C@@H](C(=C)c1ccccc1)C(=O)OC)OC. The van der Waals surface area contributed by atoms with E-state index >= 15 is 0 Å². The molecular formula is C41H65N5O8. The highest BCUT2D eigenvalue weighted by Crippen LogP contribution is 2.30. The Morgan fingerprint density at radius 2 is 1.65 bits per heavy atom. The van der Waals surface area contributed by atoms with Gasteiger partial charge in [-0.3, -0.25) is 19.2 Å². The van der Waals surface area contributed by atoms with Gasteiger partial charge in [0.1, 0.15) is 6.04 Å². The van der Waals surface area contributed by atoms with Crippen LogP contribution in [-0.4, -0.2) is 136 Å². The van der Waals surface area contributed by atoms with Gasteiger partial charge in [0.05, 0.1) is 49.2 Å². The highest BCUT2D eigenvalue weighted by Gasteiger charge is 2.43. The number of likely N-dealkylation sites (N-methyl/N-ethyl adjacent to an activating group) is 1. The van der Waals surface area contributed by atoms with Crippen molar-refractivity contribution in [3.05, 3.63) is 55.1 Å². The van der Waals surface area contributed by atoms with Crippen molar-refractivity contribution in [1.82, 2.24) is 25.3 Å². The fourth-order valence-corrected chi connectivity index (χ4v) is 7.44. The third-order valence-corrected chi connectivity index (χ3v) is 10.6. The summed E-state index contributed by atoms with van der Waals surface area (Å²) in [6, 6.07) is 6.02. The first kappa shape index (κ1) is 46.1. The summed E-state index contributed by atoms with van der Waals surface area (Å²) in [4.78, 5) is 73.1. The molecule has 0 aliphatic carbocycles. The molecule has 2 N–H and O–H groups in total. The van der Waals surface area contributed by atoms with E-state index in [0.29, 0.717) is 43.5 Å². The monoisotopic (exact) mass is 755 g/mol. The summed E-state index contributed by atoms with van der Waals surface area (Å²) < 4.78 is 16.9. The van der Waals surface area contributed by atoms with Crippen molar-refractivity contribution in [2.24, 2.45) is 17.3 Å². The molecule has 54 heavy (non-hydrogen) atoms. The minimum atomic E-state index is -1.12. The zero-order valence-electron chi connectivity index (χ0n) is 34.3. The van der Waals surface area contributed by atoms with Crippen molar-refractivity contribution >= 4 is 35.2 Å². The van der Waals surface area contributed by atoms with Crippen LogP contribution in [-0.2, 0) is 38.2 Å². The lowest BCUT2D eigenvalue weighted by atomic mass is 9.89. The van der Waals surface area contributed by atoms with Crippen molar-refractivity contribution in [3.8, 4) is 0 Å². The van der Waals surface area contributed by atoms with Crippen LogP contribution in [0.2, 0.25) is 0 Å². The first-order chi connectivity index (χ1) is 25.4. The second-order valence-electron chi connectivity index (χ2n) is 15.3. The normalized spacial score (nSPS) is 18.4. The van der Waals surface area contributed by atoms with E-state index in [4.69, 9.17) is 14.2 Å².